The molecule has 1 aromatic heterocycles. The minimum absolute atomic E-state index is 0.0835. The van der Waals surface area contributed by atoms with Crippen LogP contribution in [0.5, 0.6) is 0 Å². The van der Waals surface area contributed by atoms with Gasteiger partial charge in [-0.2, -0.15) is 0 Å². The summed E-state index contributed by atoms with van der Waals surface area (Å²) in [4.78, 5) is 24.6. The number of nitrogens with zero attached hydrogens (tertiary/aromatic N) is 3. The molecule has 2 aromatic carbocycles. The van der Waals surface area contributed by atoms with Gasteiger partial charge < -0.3 is 15.2 Å². The Balaban J connectivity index is 1.59. The van der Waals surface area contributed by atoms with Crippen molar-refractivity contribution in [2.24, 2.45) is 7.05 Å². The summed E-state index contributed by atoms with van der Waals surface area (Å²) < 4.78 is 15.6. The molecule has 0 radical (unpaired) electrons. The van der Waals surface area contributed by atoms with Crippen molar-refractivity contribution < 1.29 is 14.0 Å². The van der Waals surface area contributed by atoms with Crippen LogP contribution in [0.4, 0.5) is 10.1 Å². The zero-order chi connectivity index (χ0) is 21.7. The standard InChI is InChI=1S/C20H19BrFN5O2S/c1-12(23-19(29)15-8-3-4-9-16(15)21)18-25-26-20(27(18)2)30-11-17(28)24-14-7-5-6-13(22)10-14/h3-10,12H,11H2,1-2H3,(H,23,29)(H,24,28). The van der Waals surface area contributed by atoms with Crippen molar-refractivity contribution in [1.29, 1.82) is 0 Å². The van der Waals surface area contributed by atoms with E-state index in [2.05, 4.69) is 36.8 Å². The SMILES string of the molecule is CC(NC(=O)c1ccccc1Br)c1nnc(SCC(=O)Nc2cccc(F)c2)n1C. The van der Waals surface area contributed by atoms with Gasteiger partial charge in [-0.15, -0.1) is 10.2 Å². The zero-order valence-electron chi connectivity index (χ0n) is 16.2. The first-order chi connectivity index (χ1) is 14.3. The summed E-state index contributed by atoms with van der Waals surface area (Å²) in [6, 6.07) is 12.4. The molecule has 7 nitrogen and oxygen atoms in total. The van der Waals surface area contributed by atoms with Gasteiger partial charge >= 0.3 is 0 Å². The molecule has 0 bridgehead atoms. The molecule has 0 aliphatic carbocycles. The van der Waals surface area contributed by atoms with Gasteiger partial charge in [0.05, 0.1) is 17.4 Å². The molecule has 2 N–H and O–H groups in total. The molecule has 10 heteroatoms. The number of carbonyl (C=O) groups is 2. The van der Waals surface area contributed by atoms with Crippen molar-refractivity contribution >= 4 is 45.2 Å². The summed E-state index contributed by atoms with van der Waals surface area (Å²) in [6.45, 7) is 1.81. The minimum Gasteiger partial charge on any atom is -0.342 e. The molecule has 0 saturated carbocycles. The van der Waals surface area contributed by atoms with Crippen LogP contribution < -0.4 is 10.6 Å². The fourth-order valence-electron chi connectivity index (χ4n) is 2.71. The van der Waals surface area contributed by atoms with E-state index in [0.717, 1.165) is 0 Å². The van der Waals surface area contributed by atoms with Crippen LogP contribution >= 0.6 is 27.7 Å². The lowest BCUT2D eigenvalue weighted by Crippen LogP contribution is -2.28. The fourth-order valence-corrected chi connectivity index (χ4v) is 3.89. The summed E-state index contributed by atoms with van der Waals surface area (Å²) in [7, 11) is 1.77. The Hall–Kier alpha value is -2.72. The number of benzene rings is 2. The highest BCUT2D eigenvalue weighted by atomic mass is 79.9. The molecule has 0 aliphatic rings. The zero-order valence-corrected chi connectivity index (χ0v) is 18.6. The molecule has 2 amide bonds. The highest BCUT2D eigenvalue weighted by Crippen LogP contribution is 2.21. The third-order valence-electron chi connectivity index (χ3n) is 4.16. The van der Waals surface area contributed by atoms with Gasteiger partial charge in [0.25, 0.3) is 5.91 Å². The molecule has 1 unspecified atom stereocenters. The molecule has 3 aromatic rings. The Morgan fingerprint density at radius 3 is 2.70 bits per heavy atom. The number of hydrogen-bond donors (Lipinski definition) is 2. The summed E-state index contributed by atoms with van der Waals surface area (Å²) in [5.74, 6) is -0.298. The number of anilines is 1. The van der Waals surface area contributed by atoms with Crippen molar-refractivity contribution in [3.8, 4) is 0 Å². The van der Waals surface area contributed by atoms with E-state index in [1.807, 2.05) is 13.0 Å². The molecular weight excluding hydrogens is 473 g/mol. The lowest BCUT2D eigenvalue weighted by molar-refractivity contribution is -0.113. The fraction of sp³-hybridized carbons (Fsp3) is 0.200. The maximum atomic E-state index is 13.2. The monoisotopic (exact) mass is 491 g/mol. The minimum atomic E-state index is -0.419. The van der Waals surface area contributed by atoms with Crippen LogP contribution in [0, 0.1) is 5.82 Å². The molecule has 30 heavy (non-hydrogen) atoms. The second-order valence-corrected chi connectivity index (χ2v) is 8.22. The van der Waals surface area contributed by atoms with Crippen LogP contribution in [0.15, 0.2) is 58.2 Å². The first-order valence-corrected chi connectivity index (χ1v) is 10.8. The first kappa shape index (κ1) is 22.0. The average molecular weight is 492 g/mol. The summed E-state index contributed by atoms with van der Waals surface area (Å²) in [6.07, 6.45) is 0. The second kappa shape index (κ2) is 9.86. The molecular formula is C20H19BrFN5O2S. The van der Waals surface area contributed by atoms with Gasteiger partial charge in [-0.25, -0.2) is 4.39 Å². The Labute approximate surface area is 185 Å². The van der Waals surface area contributed by atoms with Gasteiger partial charge in [-0.3, -0.25) is 9.59 Å². The van der Waals surface area contributed by atoms with Crippen LogP contribution in [-0.4, -0.2) is 32.3 Å². The van der Waals surface area contributed by atoms with Crippen LogP contribution in [0.25, 0.3) is 0 Å². The van der Waals surface area contributed by atoms with Crippen LogP contribution in [-0.2, 0) is 11.8 Å². The Kier molecular flexibility index (Phi) is 7.22. The number of carbonyl (C=O) groups excluding carboxylic acids is 2. The smallest absolute Gasteiger partial charge is 0.253 e. The van der Waals surface area contributed by atoms with Gasteiger partial charge in [0, 0.05) is 17.2 Å². The third-order valence-corrected chi connectivity index (χ3v) is 5.87. The first-order valence-electron chi connectivity index (χ1n) is 8.98. The topological polar surface area (TPSA) is 88.9 Å². The number of rotatable bonds is 7. The predicted molar refractivity (Wildman–Crippen MR) is 117 cm³/mol. The van der Waals surface area contributed by atoms with Crippen LogP contribution in [0.2, 0.25) is 0 Å². The second-order valence-electron chi connectivity index (χ2n) is 6.42. The number of thioether (sulfide) groups is 1. The summed E-state index contributed by atoms with van der Waals surface area (Å²) >= 11 is 4.57. The van der Waals surface area contributed by atoms with Crippen LogP contribution in [0.1, 0.15) is 29.1 Å². The quantitative estimate of drug-likeness (QED) is 0.488. The average Bonchev–Trinajstić information content (AvgIpc) is 3.07. The molecule has 1 heterocycles. The van der Waals surface area contributed by atoms with Gasteiger partial charge in [-0.1, -0.05) is 30.0 Å². The van der Waals surface area contributed by atoms with E-state index in [-0.39, 0.29) is 17.6 Å². The van der Waals surface area contributed by atoms with Crippen molar-refractivity contribution in [2.75, 3.05) is 11.1 Å². The van der Waals surface area contributed by atoms with Gasteiger partial charge in [0.1, 0.15) is 5.82 Å². The van der Waals surface area contributed by atoms with E-state index in [0.29, 0.717) is 26.7 Å². The predicted octanol–water partition coefficient (Wildman–Crippen LogP) is 3.94. The van der Waals surface area contributed by atoms with Crippen molar-refractivity contribution in [2.45, 2.75) is 18.1 Å². The number of halogens is 2. The Morgan fingerprint density at radius 2 is 1.97 bits per heavy atom. The van der Waals surface area contributed by atoms with Gasteiger partial charge in [0.15, 0.2) is 11.0 Å². The third kappa shape index (κ3) is 5.45. The van der Waals surface area contributed by atoms with E-state index >= 15 is 0 Å². The Bertz CT molecular complexity index is 1070. The summed E-state index contributed by atoms with van der Waals surface area (Å²) in [5.41, 5.74) is 0.915. The largest absolute Gasteiger partial charge is 0.342 e. The highest BCUT2D eigenvalue weighted by Gasteiger charge is 2.20. The summed E-state index contributed by atoms with van der Waals surface area (Å²) in [5, 5.41) is 14.3. The lowest BCUT2D eigenvalue weighted by atomic mass is 10.2. The van der Waals surface area contributed by atoms with E-state index in [4.69, 9.17) is 0 Å². The molecule has 1 atom stereocenters. The molecule has 0 saturated heterocycles. The van der Waals surface area contributed by atoms with Crippen LogP contribution in [0.3, 0.4) is 0 Å². The number of amides is 2. The molecule has 156 valence electrons. The van der Waals surface area contributed by atoms with Gasteiger partial charge in [0.2, 0.25) is 5.91 Å². The Morgan fingerprint density at radius 1 is 1.20 bits per heavy atom. The normalized spacial score (nSPS) is 11.7. The molecule has 0 aliphatic heterocycles. The molecule has 0 spiro atoms. The number of nitrogens with one attached hydrogen (secondary N) is 2. The number of hydrogen-bond acceptors (Lipinski definition) is 5. The molecule has 3 rings (SSSR count). The van der Waals surface area contributed by atoms with E-state index in [1.165, 1.54) is 30.0 Å². The molecule has 0 fully saturated rings. The highest BCUT2D eigenvalue weighted by molar-refractivity contribution is 9.10. The van der Waals surface area contributed by atoms with E-state index in [9.17, 15) is 14.0 Å². The van der Waals surface area contributed by atoms with Crippen molar-refractivity contribution in [3.05, 3.63) is 70.2 Å². The maximum absolute atomic E-state index is 13.2. The van der Waals surface area contributed by atoms with Crippen molar-refractivity contribution in [1.82, 2.24) is 20.1 Å². The van der Waals surface area contributed by atoms with E-state index < -0.39 is 11.9 Å². The number of aromatic nitrogens is 3. The van der Waals surface area contributed by atoms with E-state index in [1.54, 1.807) is 35.9 Å². The van der Waals surface area contributed by atoms with Crippen molar-refractivity contribution in [3.63, 3.8) is 0 Å². The maximum Gasteiger partial charge on any atom is 0.253 e. The van der Waals surface area contributed by atoms with Gasteiger partial charge in [-0.05, 0) is 53.2 Å². The lowest BCUT2D eigenvalue weighted by Gasteiger charge is -2.14.